The van der Waals surface area contributed by atoms with Gasteiger partial charge in [-0.15, -0.1) is 0 Å². The molecular weight excluding hydrogens is 409 g/mol. The van der Waals surface area contributed by atoms with Crippen molar-refractivity contribution in [2.45, 2.75) is 62.7 Å². The van der Waals surface area contributed by atoms with E-state index in [1.165, 1.54) is 25.0 Å². The summed E-state index contributed by atoms with van der Waals surface area (Å²) in [5.74, 6) is -0.761. The van der Waals surface area contributed by atoms with Crippen LogP contribution in [0.25, 0.3) is 0 Å². The molecule has 28 heavy (non-hydrogen) atoms. The number of sulfonamides is 1. The van der Waals surface area contributed by atoms with Crippen LogP contribution in [0.2, 0.25) is 5.02 Å². The molecule has 0 radical (unpaired) electrons. The fraction of sp³-hybridized carbons (Fsp3) is 0.550. The van der Waals surface area contributed by atoms with Gasteiger partial charge in [-0.3, -0.25) is 4.79 Å². The van der Waals surface area contributed by atoms with E-state index in [0.717, 1.165) is 32.1 Å². The quantitative estimate of drug-likeness (QED) is 0.310. The van der Waals surface area contributed by atoms with Crippen molar-refractivity contribution in [2.75, 3.05) is 6.54 Å². The van der Waals surface area contributed by atoms with E-state index in [9.17, 15) is 13.2 Å². The van der Waals surface area contributed by atoms with Crippen LogP contribution < -0.4 is 4.72 Å². The summed E-state index contributed by atoms with van der Waals surface area (Å²) in [5.41, 5.74) is 0.145. The zero-order valence-corrected chi connectivity index (χ0v) is 17.1. The number of allylic oxidation sites excluding steroid dienone is 2. The molecule has 0 unspecified atom stereocenters. The molecule has 0 heterocycles. The molecular formula is C20H29ClNNaO4S. The van der Waals surface area contributed by atoms with Crippen molar-refractivity contribution in [3.05, 3.63) is 41.4 Å². The first-order chi connectivity index (χ1) is 12.8. The van der Waals surface area contributed by atoms with Gasteiger partial charge in [0, 0.05) is 18.0 Å². The molecule has 0 spiro atoms. The van der Waals surface area contributed by atoms with Gasteiger partial charge in [-0.05, 0) is 68.2 Å². The van der Waals surface area contributed by atoms with Gasteiger partial charge >= 0.3 is 35.5 Å². The Hall–Kier alpha value is -0.370. The van der Waals surface area contributed by atoms with Crippen molar-refractivity contribution in [2.24, 2.45) is 5.41 Å². The van der Waals surface area contributed by atoms with Crippen molar-refractivity contribution in [1.82, 2.24) is 4.72 Å². The van der Waals surface area contributed by atoms with Crippen LogP contribution in [0, 0.1) is 5.41 Å². The van der Waals surface area contributed by atoms with Crippen LogP contribution in [0.3, 0.4) is 0 Å². The maximum atomic E-state index is 12.4. The first-order valence-corrected chi connectivity index (χ1v) is 11.3. The molecule has 5 nitrogen and oxygen atoms in total. The van der Waals surface area contributed by atoms with E-state index < -0.39 is 16.0 Å². The Bertz CT molecular complexity index is 744. The number of unbranched alkanes of at least 4 members (excludes halogenated alkanes) is 1. The van der Waals surface area contributed by atoms with Crippen molar-refractivity contribution < 1.29 is 18.3 Å². The summed E-state index contributed by atoms with van der Waals surface area (Å²) in [6.07, 6.45) is 12.1. The normalized spacial score (nSPS) is 16.2. The molecule has 1 saturated carbocycles. The van der Waals surface area contributed by atoms with E-state index in [-0.39, 0.29) is 46.3 Å². The molecule has 1 aliphatic carbocycles. The van der Waals surface area contributed by atoms with Crippen LogP contribution in [0.4, 0.5) is 0 Å². The molecule has 1 aromatic carbocycles. The predicted octanol–water partition coefficient (Wildman–Crippen LogP) is 4.12. The summed E-state index contributed by atoms with van der Waals surface area (Å²) in [6.45, 7) is 0.414. The third-order valence-electron chi connectivity index (χ3n) is 5.21. The molecule has 1 fully saturated rings. The first kappa shape index (κ1) is 25.7. The fourth-order valence-electron chi connectivity index (χ4n) is 3.65. The van der Waals surface area contributed by atoms with Gasteiger partial charge in [0.25, 0.3) is 0 Å². The Kier molecular flexibility index (Phi) is 11.3. The number of carboxylic acids is 1. The molecule has 152 valence electrons. The van der Waals surface area contributed by atoms with E-state index in [2.05, 4.69) is 16.9 Å². The SMILES string of the molecule is O=C(O)CCC/C=C\CC1(CCNS(=O)(=O)c2ccc(Cl)cc2)CCCC1.[NaH]. The second-order valence-electron chi connectivity index (χ2n) is 7.27. The van der Waals surface area contributed by atoms with Crippen LogP contribution in [0.15, 0.2) is 41.3 Å². The Morgan fingerprint density at radius 1 is 1.18 bits per heavy atom. The summed E-state index contributed by atoms with van der Waals surface area (Å²) in [4.78, 5) is 10.8. The van der Waals surface area contributed by atoms with Crippen LogP contribution >= 0.6 is 11.6 Å². The number of halogens is 1. The van der Waals surface area contributed by atoms with E-state index in [1.54, 1.807) is 12.1 Å². The standard InChI is InChI=1S/C20H28ClNO4S.Na.H/c21-17-8-10-18(11-9-17)27(25,26)22-16-15-20(13-5-6-14-20)12-4-2-1-3-7-19(23)24;;/h2,4,8-11,22H,1,3,5-7,12-16H2,(H,23,24);;/b4-2-;;. The minimum absolute atomic E-state index is 0. The summed E-state index contributed by atoms with van der Waals surface area (Å²) in [6, 6.07) is 6.17. The van der Waals surface area contributed by atoms with Crippen LogP contribution in [-0.4, -0.2) is 55.6 Å². The van der Waals surface area contributed by atoms with Gasteiger partial charge in [0.15, 0.2) is 0 Å². The molecule has 0 amide bonds. The van der Waals surface area contributed by atoms with Gasteiger partial charge in [-0.2, -0.15) is 0 Å². The van der Waals surface area contributed by atoms with Gasteiger partial charge in [0.1, 0.15) is 0 Å². The van der Waals surface area contributed by atoms with Crippen molar-refractivity contribution >= 4 is 57.2 Å². The van der Waals surface area contributed by atoms with Crippen molar-refractivity contribution in [3.63, 3.8) is 0 Å². The number of carboxylic acid groups (broad SMARTS) is 1. The topological polar surface area (TPSA) is 83.5 Å². The first-order valence-electron chi connectivity index (χ1n) is 9.45. The number of rotatable bonds is 11. The minimum atomic E-state index is -3.52. The number of aliphatic carboxylic acids is 1. The summed E-state index contributed by atoms with van der Waals surface area (Å²) >= 11 is 5.82. The molecule has 0 aliphatic heterocycles. The molecule has 1 aromatic rings. The van der Waals surface area contributed by atoms with Crippen LogP contribution in [-0.2, 0) is 14.8 Å². The van der Waals surface area contributed by atoms with Crippen LogP contribution in [0.5, 0.6) is 0 Å². The van der Waals surface area contributed by atoms with E-state index in [4.69, 9.17) is 16.7 Å². The fourth-order valence-corrected chi connectivity index (χ4v) is 4.81. The second kappa shape index (κ2) is 12.4. The number of hydrogen-bond acceptors (Lipinski definition) is 3. The van der Waals surface area contributed by atoms with Gasteiger partial charge < -0.3 is 5.11 Å². The van der Waals surface area contributed by atoms with Crippen molar-refractivity contribution in [1.29, 1.82) is 0 Å². The summed E-state index contributed by atoms with van der Waals surface area (Å²) < 4.78 is 27.5. The molecule has 0 saturated heterocycles. The molecule has 0 aromatic heterocycles. The Labute approximate surface area is 195 Å². The zero-order valence-electron chi connectivity index (χ0n) is 15.5. The second-order valence-corrected chi connectivity index (χ2v) is 9.47. The number of hydrogen-bond donors (Lipinski definition) is 2. The molecule has 8 heteroatoms. The number of benzene rings is 1. The van der Waals surface area contributed by atoms with Gasteiger partial charge in [-0.1, -0.05) is 36.6 Å². The zero-order chi connectivity index (χ0) is 19.8. The number of carbonyl (C=O) groups is 1. The molecule has 2 rings (SSSR count). The van der Waals surface area contributed by atoms with Crippen LogP contribution in [0.1, 0.15) is 57.8 Å². The Morgan fingerprint density at radius 3 is 2.43 bits per heavy atom. The van der Waals surface area contributed by atoms with Gasteiger partial charge in [0.2, 0.25) is 10.0 Å². The summed E-state index contributed by atoms with van der Waals surface area (Å²) in [7, 11) is -3.52. The van der Waals surface area contributed by atoms with E-state index in [1.807, 2.05) is 0 Å². The van der Waals surface area contributed by atoms with E-state index in [0.29, 0.717) is 18.0 Å². The predicted molar refractivity (Wildman–Crippen MR) is 115 cm³/mol. The molecule has 0 bridgehead atoms. The average molecular weight is 438 g/mol. The Morgan fingerprint density at radius 2 is 1.82 bits per heavy atom. The maximum absolute atomic E-state index is 12.4. The van der Waals surface area contributed by atoms with Crippen molar-refractivity contribution in [3.8, 4) is 0 Å². The molecule has 2 N–H and O–H groups in total. The van der Waals surface area contributed by atoms with Gasteiger partial charge in [0.05, 0.1) is 4.90 Å². The average Bonchev–Trinajstić information content (AvgIpc) is 3.07. The molecule has 1 aliphatic rings. The van der Waals surface area contributed by atoms with Gasteiger partial charge in [-0.25, -0.2) is 13.1 Å². The van der Waals surface area contributed by atoms with E-state index >= 15 is 0 Å². The third-order valence-corrected chi connectivity index (χ3v) is 6.94. The summed E-state index contributed by atoms with van der Waals surface area (Å²) in [5, 5.41) is 9.16. The Balaban J connectivity index is 0.00000392. The monoisotopic (exact) mass is 437 g/mol. The molecule has 0 atom stereocenters. The third kappa shape index (κ3) is 8.56. The number of nitrogens with one attached hydrogen (secondary N) is 1.